The van der Waals surface area contributed by atoms with Crippen LogP contribution in [0.4, 0.5) is 4.79 Å². The van der Waals surface area contributed by atoms with Crippen LogP contribution in [0.5, 0.6) is 0 Å². The van der Waals surface area contributed by atoms with Gasteiger partial charge in [-0.1, -0.05) is 36.4 Å². The number of piperidine rings is 1. The number of nitrogens with one attached hydrogen (secondary N) is 2. The Bertz CT molecular complexity index is 899. The summed E-state index contributed by atoms with van der Waals surface area (Å²) in [5.41, 5.74) is 3.87. The predicted molar refractivity (Wildman–Crippen MR) is 121 cm³/mol. The molecular formula is C24H32N4O5. The molecule has 3 heterocycles. The number of carbonyl (C=O) groups is 3. The summed E-state index contributed by atoms with van der Waals surface area (Å²) in [4.78, 5) is 42.1. The molecule has 0 saturated carbocycles. The minimum Gasteiger partial charge on any atom is -0.445 e. The number of hydrogen-bond donors (Lipinski definition) is 3. The van der Waals surface area contributed by atoms with Gasteiger partial charge in [-0.3, -0.25) is 19.7 Å². The van der Waals surface area contributed by atoms with Gasteiger partial charge in [0, 0.05) is 26.2 Å². The summed E-state index contributed by atoms with van der Waals surface area (Å²) in [5.74, 6) is -1.57. The van der Waals surface area contributed by atoms with Gasteiger partial charge in [-0.05, 0) is 43.9 Å². The van der Waals surface area contributed by atoms with Crippen molar-refractivity contribution in [2.45, 2.75) is 43.9 Å². The molecule has 0 bridgehead atoms. The van der Waals surface area contributed by atoms with E-state index in [1.807, 2.05) is 30.3 Å². The van der Waals surface area contributed by atoms with Gasteiger partial charge in [0.2, 0.25) is 5.91 Å². The third-order valence-corrected chi connectivity index (χ3v) is 6.86. The van der Waals surface area contributed by atoms with E-state index in [1.54, 1.807) is 22.3 Å². The van der Waals surface area contributed by atoms with Crippen LogP contribution >= 0.6 is 0 Å². The van der Waals surface area contributed by atoms with Crippen LogP contribution in [0.25, 0.3) is 5.57 Å². The zero-order chi connectivity index (χ0) is 23.4. The van der Waals surface area contributed by atoms with Crippen molar-refractivity contribution in [1.82, 2.24) is 20.6 Å². The molecule has 4 rings (SSSR count). The van der Waals surface area contributed by atoms with Gasteiger partial charge in [-0.15, -0.1) is 0 Å². The normalized spacial score (nSPS) is 28.2. The lowest BCUT2D eigenvalue weighted by Crippen LogP contribution is -2.61. The number of carbonyl (C=O) groups excluding carboxylic acids is 3. The Balaban J connectivity index is 1.46. The molecular weight excluding hydrogens is 424 g/mol. The zero-order valence-electron chi connectivity index (χ0n) is 18.9. The van der Waals surface area contributed by atoms with Gasteiger partial charge in [0.15, 0.2) is 5.78 Å². The highest BCUT2D eigenvalue weighted by molar-refractivity contribution is 5.96. The molecule has 33 heavy (non-hydrogen) atoms. The number of ether oxygens (including phenoxy) is 1. The molecule has 3 aliphatic rings. The van der Waals surface area contributed by atoms with Gasteiger partial charge in [0.1, 0.15) is 6.10 Å². The largest absolute Gasteiger partial charge is 0.445 e. The minimum atomic E-state index is -0.828. The van der Waals surface area contributed by atoms with Gasteiger partial charge in [0.05, 0.1) is 18.0 Å². The Morgan fingerprint density at radius 2 is 1.88 bits per heavy atom. The summed E-state index contributed by atoms with van der Waals surface area (Å²) in [6, 6.07) is 8.75. The van der Waals surface area contributed by atoms with E-state index in [-0.39, 0.29) is 18.3 Å². The molecule has 1 aromatic rings. The van der Waals surface area contributed by atoms with Crippen molar-refractivity contribution < 1.29 is 24.3 Å². The van der Waals surface area contributed by atoms with Crippen molar-refractivity contribution in [2.75, 3.05) is 33.2 Å². The average Bonchev–Trinajstić information content (AvgIpc) is 3.39. The van der Waals surface area contributed by atoms with Crippen molar-refractivity contribution in [1.29, 1.82) is 0 Å². The first kappa shape index (κ1) is 23.4. The maximum absolute atomic E-state index is 13.6. The molecule has 0 aliphatic carbocycles. The molecule has 2 saturated heterocycles. The van der Waals surface area contributed by atoms with Crippen LogP contribution in [0.1, 0.15) is 31.2 Å². The maximum Gasteiger partial charge on any atom is 0.410 e. The SMILES string of the molecule is CN1C[C@@H](OC(=O)N2CCCC2)C[C@H](C(=O)NO)[C@H]1C(=O)C1CC(c2ccccc2)=CCN1. The fraction of sp³-hybridized carbons (Fsp3) is 0.542. The van der Waals surface area contributed by atoms with E-state index in [4.69, 9.17) is 4.74 Å². The second-order valence-corrected chi connectivity index (χ2v) is 9.07. The highest BCUT2D eigenvalue weighted by Crippen LogP contribution is 2.30. The number of Topliss-reactive ketones (excluding diaryl/α,β-unsaturated/α-hetero) is 1. The molecule has 0 radical (unpaired) electrons. The second kappa shape index (κ2) is 10.5. The van der Waals surface area contributed by atoms with E-state index in [9.17, 15) is 19.6 Å². The highest BCUT2D eigenvalue weighted by Gasteiger charge is 2.46. The summed E-state index contributed by atoms with van der Waals surface area (Å²) in [7, 11) is 1.76. The number of benzene rings is 1. The zero-order valence-corrected chi connectivity index (χ0v) is 18.9. The van der Waals surface area contributed by atoms with Crippen LogP contribution in [0.15, 0.2) is 36.4 Å². The lowest BCUT2D eigenvalue weighted by Gasteiger charge is -2.42. The Kier molecular flexibility index (Phi) is 7.42. The average molecular weight is 457 g/mol. The van der Waals surface area contributed by atoms with Crippen molar-refractivity contribution in [3.8, 4) is 0 Å². The molecule has 0 spiro atoms. The number of rotatable bonds is 5. The van der Waals surface area contributed by atoms with Crippen molar-refractivity contribution in [2.24, 2.45) is 5.92 Å². The molecule has 9 heteroatoms. The Hall–Kier alpha value is -2.75. The first-order valence-corrected chi connectivity index (χ1v) is 11.6. The molecule has 3 aliphatic heterocycles. The molecule has 2 fully saturated rings. The lowest BCUT2D eigenvalue weighted by molar-refractivity contribution is -0.146. The van der Waals surface area contributed by atoms with E-state index in [0.29, 0.717) is 32.6 Å². The fourth-order valence-electron chi connectivity index (χ4n) is 5.17. The third kappa shape index (κ3) is 5.26. The van der Waals surface area contributed by atoms with Gasteiger partial charge in [0.25, 0.3) is 0 Å². The highest BCUT2D eigenvalue weighted by atomic mass is 16.6. The van der Waals surface area contributed by atoms with E-state index >= 15 is 0 Å². The molecule has 1 aromatic carbocycles. The third-order valence-electron chi connectivity index (χ3n) is 6.86. The maximum atomic E-state index is 13.6. The first-order chi connectivity index (χ1) is 16.0. The molecule has 1 unspecified atom stereocenters. The van der Waals surface area contributed by atoms with Crippen molar-refractivity contribution >= 4 is 23.4 Å². The first-order valence-electron chi connectivity index (χ1n) is 11.6. The van der Waals surface area contributed by atoms with Crippen LogP contribution < -0.4 is 10.8 Å². The minimum absolute atomic E-state index is 0.100. The van der Waals surface area contributed by atoms with Crippen molar-refractivity contribution in [3.05, 3.63) is 42.0 Å². The number of hydrogen-bond acceptors (Lipinski definition) is 7. The van der Waals surface area contributed by atoms with Crippen LogP contribution in [-0.2, 0) is 14.3 Å². The van der Waals surface area contributed by atoms with Crippen LogP contribution in [0.2, 0.25) is 0 Å². The van der Waals surface area contributed by atoms with Crippen LogP contribution in [0, 0.1) is 5.92 Å². The summed E-state index contributed by atoms with van der Waals surface area (Å²) in [6.45, 7) is 2.25. The van der Waals surface area contributed by atoms with E-state index in [0.717, 1.165) is 24.0 Å². The van der Waals surface area contributed by atoms with E-state index < -0.39 is 30.0 Å². The van der Waals surface area contributed by atoms with Crippen LogP contribution in [-0.4, -0.2) is 84.2 Å². The van der Waals surface area contributed by atoms with Gasteiger partial charge in [-0.2, -0.15) is 0 Å². The number of likely N-dealkylation sites (N-methyl/N-ethyl adjacent to an activating group) is 1. The Morgan fingerprint density at radius 1 is 1.15 bits per heavy atom. The number of likely N-dealkylation sites (tertiary alicyclic amines) is 2. The monoisotopic (exact) mass is 456 g/mol. The van der Waals surface area contributed by atoms with Gasteiger partial charge < -0.3 is 15.0 Å². The Labute approximate surface area is 193 Å². The predicted octanol–water partition coefficient (Wildman–Crippen LogP) is 1.43. The molecule has 2 amide bonds. The summed E-state index contributed by atoms with van der Waals surface area (Å²) in [5, 5.41) is 12.6. The molecule has 178 valence electrons. The molecule has 9 nitrogen and oxygen atoms in total. The molecule has 0 aromatic heterocycles. The number of ketones is 1. The van der Waals surface area contributed by atoms with E-state index in [1.165, 1.54) is 0 Å². The molecule has 3 N–H and O–H groups in total. The number of amides is 2. The quantitative estimate of drug-likeness (QED) is 0.454. The Morgan fingerprint density at radius 3 is 2.58 bits per heavy atom. The lowest BCUT2D eigenvalue weighted by atomic mass is 9.81. The van der Waals surface area contributed by atoms with Gasteiger partial charge >= 0.3 is 6.09 Å². The van der Waals surface area contributed by atoms with E-state index in [2.05, 4.69) is 11.4 Å². The standard InChI is InChI=1S/C24H32N4O5/c1-27-15-18(33-24(31)28-11-5-6-12-28)14-19(23(30)26-32)21(27)22(29)20-13-17(9-10-25-20)16-7-3-2-4-8-16/h2-4,7-9,18-21,25,32H,5-6,10-15H2,1H3,(H,26,30)/t18-,19-,20?,21-/m0/s1. The number of nitrogens with zero attached hydrogens (tertiary/aromatic N) is 2. The number of hydroxylamine groups is 1. The summed E-state index contributed by atoms with van der Waals surface area (Å²) in [6.07, 6.45) is 3.78. The second-order valence-electron chi connectivity index (χ2n) is 9.07. The summed E-state index contributed by atoms with van der Waals surface area (Å²) < 4.78 is 5.67. The smallest absolute Gasteiger partial charge is 0.410 e. The fourth-order valence-corrected chi connectivity index (χ4v) is 5.17. The van der Waals surface area contributed by atoms with Crippen LogP contribution in [0.3, 0.4) is 0 Å². The molecule has 4 atom stereocenters. The van der Waals surface area contributed by atoms with Gasteiger partial charge in [-0.25, -0.2) is 10.3 Å². The topological polar surface area (TPSA) is 111 Å². The summed E-state index contributed by atoms with van der Waals surface area (Å²) >= 11 is 0. The van der Waals surface area contributed by atoms with Crippen molar-refractivity contribution in [3.63, 3.8) is 0 Å².